The van der Waals surface area contributed by atoms with Gasteiger partial charge in [-0.1, -0.05) is 0 Å². The van der Waals surface area contributed by atoms with E-state index in [0.29, 0.717) is 29.5 Å². The number of aromatic nitrogens is 4. The fourth-order valence-electron chi connectivity index (χ4n) is 4.78. The van der Waals surface area contributed by atoms with Crippen molar-refractivity contribution in [2.24, 2.45) is 7.05 Å². The van der Waals surface area contributed by atoms with Gasteiger partial charge in [-0.2, -0.15) is 10.2 Å². The monoisotopic (exact) mass is 490 g/mol. The molecule has 1 aliphatic rings. The van der Waals surface area contributed by atoms with E-state index in [2.05, 4.69) is 37.3 Å². The standard InChI is InChI=1S/C26H34N8O2/c1-15-19(13-27)23(33-24(28)30-15)29-14-21-18(12-22-20(32-21)10-11-34(22)5)16-6-8-17(9-7-16)31-25(35)36-26(2,3)4/h10-12,16-17H,6-9,14H2,1-5H3,(H,31,35)(H3,28,29,30,33). The van der Waals surface area contributed by atoms with Crippen LogP contribution >= 0.6 is 0 Å². The average molecular weight is 491 g/mol. The summed E-state index contributed by atoms with van der Waals surface area (Å²) in [6.45, 7) is 7.74. The molecule has 1 amide bonds. The second-order valence-corrected chi connectivity index (χ2v) is 10.4. The Hall–Kier alpha value is -3.87. The lowest BCUT2D eigenvalue weighted by Crippen LogP contribution is -2.40. The highest BCUT2D eigenvalue weighted by Crippen LogP contribution is 2.36. The minimum absolute atomic E-state index is 0.0922. The van der Waals surface area contributed by atoms with Crippen molar-refractivity contribution < 1.29 is 9.53 Å². The molecule has 190 valence electrons. The number of nitriles is 1. The molecule has 1 saturated carbocycles. The number of aryl methyl sites for hydroxylation is 2. The van der Waals surface area contributed by atoms with Gasteiger partial charge in [0, 0.05) is 19.3 Å². The van der Waals surface area contributed by atoms with Crippen molar-refractivity contribution in [3.8, 4) is 6.07 Å². The zero-order chi connectivity index (χ0) is 26.0. The molecule has 0 radical (unpaired) electrons. The number of hydrogen-bond acceptors (Lipinski definition) is 8. The summed E-state index contributed by atoms with van der Waals surface area (Å²) < 4.78 is 7.49. The summed E-state index contributed by atoms with van der Waals surface area (Å²) in [4.78, 5) is 25.5. The number of amides is 1. The van der Waals surface area contributed by atoms with E-state index in [4.69, 9.17) is 15.5 Å². The summed E-state index contributed by atoms with van der Waals surface area (Å²) in [6.07, 6.45) is 5.21. The molecule has 0 unspecified atom stereocenters. The molecule has 10 nitrogen and oxygen atoms in total. The molecular formula is C26H34N8O2. The van der Waals surface area contributed by atoms with Gasteiger partial charge < -0.3 is 25.7 Å². The quantitative estimate of drug-likeness (QED) is 0.480. The zero-order valence-corrected chi connectivity index (χ0v) is 21.6. The number of ether oxygens (including phenoxy) is 1. The number of nitrogens with zero attached hydrogens (tertiary/aromatic N) is 5. The highest BCUT2D eigenvalue weighted by Gasteiger charge is 2.28. The molecule has 0 aromatic carbocycles. The van der Waals surface area contributed by atoms with Crippen LogP contribution in [0.4, 0.5) is 16.6 Å². The van der Waals surface area contributed by atoms with Crippen molar-refractivity contribution in [1.29, 1.82) is 5.26 Å². The molecule has 4 N–H and O–H groups in total. The van der Waals surface area contributed by atoms with Gasteiger partial charge in [-0.3, -0.25) is 0 Å². The van der Waals surface area contributed by atoms with Gasteiger partial charge in [0.1, 0.15) is 23.1 Å². The van der Waals surface area contributed by atoms with Crippen LogP contribution in [0, 0.1) is 18.3 Å². The highest BCUT2D eigenvalue weighted by molar-refractivity contribution is 5.77. The largest absolute Gasteiger partial charge is 0.444 e. The molecule has 10 heteroatoms. The number of carbonyl (C=O) groups excluding carboxylic acids is 1. The summed E-state index contributed by atoms with van der Waals surface area (Å²) in [5, 5.41) is 15.9. The van der Waals surface area contributed by atoms with Crippen LogP contribution < -0.4 is 16.4 Å². The van der Waals surface area contributed by atoms with Gasteiger partial charge >= 0.3 is 6.09 Å². The molecule has 3 aromatic heterocycles. The maximum absolute atomic E-state index is 12.2. The van der Waals surface area contributed by atoms with Crippen molar-refractivity contribution in [1.82, 2.24) is 24.8 Å². The van der Waals surface area contributed by atoms with Gasteiger partial charge in [0.25, 0.3) is 0 Å². The SMILES string of the molecule is Cc1nc(N)nc(NCc2nc3ccn(C)c3cc2C2CCC(NC(=O)OC(C)(C)C)CC2)c1C#N. The van der Waals surface area contributed by atoms with E-state index in [9.17, 15) is 10.1 Å². The van der Waals surface area contributed by atoms with Crippen LogP contribution in [0.15, 0.2) is 18.3 Å². The van der Waals surface area contributed by atoms with E-state index in [1.54, 1.807) is 6.92 Å². The van der Waals surface area contributed by atoms with E-state index in [0.717, 1.165) is 42.4 Å². The van der Waals surface area contributed by atoms with Gasteiger partial charge in [0.05, 0.1) is 29.0 Å². The molecule has 0 atom stereocenters. The summed E-state index contributed by atoms with van der Waals surface area (Å²) in [5.74, 6) is 0.836. The zero-order valence-electron chi connectivity index (χ0n) is 21.6. The second-order valence-electron chi connectivity index (χ2n) is 10.4. The summed E-state index contributed by atoms with van der Waals surface area (Å²) in [5.41, 5.74) is 10.3. The number of anilines is 2. The number of rotatable bonds is 5. The lowest BCUT2D eigenvalue weighted by molar-refractivity contribution is 0.0491. The molecule has 36 heavy (non-hydrogen) atoms. The number of nitrogen functional groups attached to an aromatic ring is 1. The molecule has 3 aromatic rings. The first-order chi connectivity index (χ1) is 17.0. The van der Waals surface area contributed by atoms with E-state index in [-0.39, 0.29) is 18.1 Å². The van der Waals surface area contributed by atoms with Crippen molar-refractivity contribution in [2.75, 3.05) is 11.1 Å². The van der Waals surface area contributed by atoms with E-state index in [1.165, 1.54) is 5.56 Å². The van der Waals surface area contributed by atoms with Crippen molar-refractivity contribution >= 4 is 28.9 Å². The molecule has 0 aliphatic heterocycles. The topological polar surface area (TPSA) is 144 Å². The molecule has 1 fully saturated rings. The number of fused-ring (bicyclic) bond motifs is 1. The Balaban J connectivity index is 1.54. The van der Waals surface area contributed by atoms with Gasteiger partial charge in [-0.25, -0.2) is 14.8 Å². The number of carbonyl (C=O) groups is 1. The van der Waals surface area contributed by atoms with Crippen LogP contribution in [-0.2, 0) is 18.3 Å². The third-order valence-corrected chi connectivity index (χ3v) is 6.51. The van der Waals surface area contributed by atoms with E-state index >= 15 is 0 Å². The molecule has 4 rings (SSSR count). The Bertz CT molecular complexity index is 1310. The van der Waals surface area contributed by atoms with Crippen LogP contribution in [0.2, 0.25) is 0 Å². The Morgan fingerprint density at radius 1 is 1.25 bits per heavy atom. The fraction of sp³-hybridized carbons (Fsp3) is 0.500. The van der Waals surface area contributed by atoms with Gasteiger partial charge in [-0.05, 0) is 77.0 Å². The lowest BCUT2D eigenvalue weighted by Gasteiger charge is -2.31. The number of hydrogen-bond donors (Lipinski definition) is 3. The highest BCUT2D eigenvalue weighted by atomic mass is 16.6. The van der Waals surface area contributed by atoms with Crippen LogP contribution in [-0.4, -0.2) is 37.3 Å². The van der Waals surface area contributed by atoms with Gasteiger partial charge in [0.15, 0.2) is 0 Å². The third kappa shape index (κ3) is 5.67. The number of alkyl carbamates (subject to hydrolysis) is 1. The predicted octanol–water partition coefficient (Wildman–Crippen LogP) is 4.29. The maximum Gasteiger partial charge on any atom is 0.407 e. The minimum atomic E-state index is -0.516. The molecule has 0 saturated heterocycles. The van der Waals surface area contributed by atoms with Crippen LogP contribution in [0.5, 0.6) is 0 Å². The average Bonchev–Trinajstić information content (AvgIpc) is 3.15. The van der Waals surface area contributed by atoms with Crippen LogP contribution in [0.1, 0.15) is 74.9 Å². The van der Waals surface area contributed by atoms with Gasteiger partial charge in [0.2, 0.25) is 5.95 Å². The maximum atomic E-state index is 12.2. The second kappa shape index (κ2) is 10.0. The first-order valence-corrected chi connectivity index (χ1v) is 12.3. The van der Waals surface area contributed by atoms with E-state index < -0.39 is 5.60 Å². The van der Waals surface area contributed by atoms with E-state index in [1.807, 2.05) is 40.1 Å². The van der Waals surface area contributed by atoms with Gasteiger partial charge in [-0.15, -0.1) is 0 Å². The number of pyridine rings is 1. The molecule has 3 heterocycles. The third-order valence-electron chi connectivity index (χ3n) is 6.51. The normalized spacial score (nSPS) is 18.0. The Morgan fingerprint density at radius 2 is 1.97 bits per heavy atom. The summed E-state index contributed by atoms with van der Waals surface area (Å²) in [6, 6.07) is 6.47. The molecule has 0 spiro atoms. The first kappa shape index (κ1) is 25.2. The first-order valence-electron chi connectivity index (χ1n) is 12.3. The Labute approximate surface area is 211 Å². The summed E-state index contributed by atoms with van der Waals surface area (Å²) in [7, 11) is 2.01. The Morgan fingerprint density at radius 3 is 2.64 bits per heavy atom. The number of nitrogens with one attached hydrogen (secondary N) is 2. The fourth-order valence-corrected chi connectivity index (χ4v) is 4.78. The molecule has 1 aliphatic carbocycles. The molecule has 0 bridgehead atoms. The Kier molecular flexibility index (Phi) is 7.02. The minimum Gasteiger partial charge on any atom is -0.444 e. The lowest BCUT2D eigenvalue weighted by atomic mass is 9.81. The summed E-state index contributed by atoms with van der Waals surface area (Å²) >= 11 is 0. The van der Waals surface area contributed by atoms with Crippen molar-refractivity contribution in [3.63, 3.8) is 0 Å². The molecular weight excluding hydrogens is 456 g/mol. The predicted molar refractivity (Wildman–Crippen MR) is 138 cm³/mol. The van der Waals surface area contributed by atoms with Crippen LogP contribution in [0.25, 0.3) is 11.0 Å². The van der Waals surface area contributed by atoms with Crippen molar-refractivity contribution in [3.05, 3.63) is 40.8 Å². The van der Waals surface area contributed by atoms with Crippen LogP contribution in [0.3, 0.4) is 0 Å². The van der Waals surface area contributed by atoms with Crippen molar-refractivity contribution in [2.45, 2.75) is 77.5 Å². The number of nitrogens with two attached hydrogens (primary N) is 1. The smallest absolute Gasteiger partial charge is 0.407 e.